The van der Waals surface area contributed by atoms with Crippen LogP contribution in [0.25, 0.3) is 0 Å². The number of anilines is 1. The number of amides is 1. The van der Waals surface area contributed by atoms with Crippen molar-refractivity contribution in [2.45, 2.75) is 13.0 Å². The fourth-order valence-electron chi connectivity index (χ4n) is 2.84. The maximum atomic E-state index is 12.5. The third-order valence-electron chi connectivity index (χ3n) is 4.17. The zero-order valence-electron chi connectivity index (χ0n) is 14.1. The topological polar surface area (TPSA) is 60.5 Å². The van der Waals surface area contributed by atoms with E-state index >= 15 is 0 Å². The summed E-state index contributed by atoms with van der Waals surface area (Å²) in [4.78, 5) is 16.6. The van der Waals surface area contributed by atoms with Crippen molar-refractivity contribution < 1.29 is 14.3 Å². The summed E-state index contributed by atoms with van der Waals surface area (Å²) in [6.45, 7) is 1.10. The molecule has 1 aliphatic heterocycles. The van der Waals surface area contributed by atoms with E-state index in [2.05, 4.69) is 10.3 Å². The summed E-state index contributed by atoms with van der Waals surface area (Å²) in [5, 5.41) is 2.92. The standard InChI is InChI=1S/C21H18N2O3/c24-21(17-6-7-20-16(11-17)8-10-25-20)23-18-4-1-5-19(12-18)26-14-15-3-2-9-22-13-15/h1-7,9,11-13H,8,10,14H2,(H,23,24). The molecular formula is C21H18N2O3. The fourth-order valence-corrected chi connectivity index (χ4v) is 2.84. The summed E-state index contributed by atoms with van der Waals surface area (Å²) in [6.07, 6.45) is 4.34. The Balaban J connectivity index is 1.42. The average molecular weight is 346 g/mol. The van der Waals surface area contributed by atoms with Gasteiger partial charge in [0, 0.05) is 41.7 Å². The minimum Gasteiger partial charge on any atom is -0.493 e. The molecule has 1 aliphatic rings. The van der Waals surface area contributed by atoms with Gasteiger partial charge in [-0.05, 0) is 42.0 Å². The van der Waals surface area contributed by atoms with Gasteiger partial charge in [0.2, 0.25) is 0 Å². The maximum Gasteiger partial charge on any atom is 0.255 e. The van der Waals surface area contributed by atoms with Crippen LogP contribution in [0.4, 0.5) is 5.69 Å². The van der Waals surface area contributed by atoms with Gasteiger partial charge in [-0.25, -0.2) is 0 Å². The van der Waals surface area contributed by atoms with Gasteiger partial charge < -0.3 is 14.8 Å². The van der Waals surface area contributed by atoms with Crippen molar-refractivity contribution in [2.24, 2.45) is 0 Å². The van der Waals surface area contributed by atoms with Crippen LogP contribution in [0.5, 0.6) is 11.5 Å². The Kier molecular flexibility index (Phi) is 4.51. The van der Waals surface area contributed by atoms with E-state index in [1.807, 2.05) is 48.5 Å². The van der Waals surface area contributed by atoms with Crippen LogP contribution in [-0.4, -0.2) is 17.5 Å². The number of rotatable bonds is 5. The molecule has 5 heteroatoms. The molecule has 0 bridgehead atoms. The third-order valence-corrected chi connectivity index (χ3v) is 4.17. The van der Waals surface area contributed by atoms with Gasteiger partial charge in [0.25, 0.3) is 5.91 Å². The van der Waals surface area contributed by atoms with E-state index in [4.69, 9.17) is 9.47 Å². The van der Waals surface area contributed by atoms with E-state index in [-0.39, 0.29) is 5.91 Å². The number of hydrogen-bond acceptors (Lipinski definition) is 4. The number of pyridine rings is 1. The van der Waals surface area contributed by atoms with Gasteiger partial charge in [-0.15, -0.1) is 0 Å². The highest BCUT2D eigenvalue weighted by molar-refractivity contribution is 6.04. The molecule has 1 aromatic heterocycles. The number of carbonyl (C=O) groups excluding carboxylic acids is 1. The first-order valence-corrected chi connectivity index (χ1v) is 8.47. The minimum atomic E-state index is -0.149. The Morgan fingerprint density at radius 1 is 1.15 bits per heavy atom. The van der Waals surface area contributed by atoms with Crippen molar-refractivity contribution in [3.63, 3.8) is 0 Å². The highest BCUT2D eigenvalue weighted by Crippen LogP contribution is 2.26. The van der Waals surface area contributed by atoms with Gasteiger partial charge in [-0.3, -0.25) is 9.78 Å². The Hall–Kier alpha value is -3.34. The number of hydrogen-bond donors (Lipinski definition) is 1. The molecule has 4 rings (SSSR count). The van der Waals surface area contributed by atoms with E-state index in [0.717, 1.165) is 23.3 Å². The maximum absolute atomic E-state index is 12.5. The number of benzene rings is 2. The lowest BCUT2D eigenvalue weighted by Gasteiger charge is -2.10. The summed E-state index contributed by atoms with van der Waals surface area (Å²) in [7, 11) is 0. The lowest BCUT2D eigenvalue weighted by atomic mass is 10.1. The summed E-state index contributed by atoms with van der Waals surface area (Å²) in [6, 6.07) is 16.7. The quantitative estimate of drug-likeness (QED) is 0.762. The van der Waals surface area contributed by atoms with Crippen molar-refractivity contribution in [2.75, 3.05) is 11.9 Å². The monoisotopic (exact) mass is 346 g/mol. The molecule has 2 aromatic carbocycles. The van der Waals surface area contributed by atoms with Crippen LogP contribution in [0, 0.1) is 0 Å². The molecule has 0 saturated heterocycles. The fraction of sp³-hybridized carbons (Fsp3) is 0.143. The lowest BCUT2D eigenvalue weighted by molar-refractivity contribution is 0.102. The zero-order valence-corrected chi connectivity index (χ0v) is 14.1. The van der Waals surface area contributed by atoms with E-state index in [0.29, 0.717) is 30.2 Å². The second-order valence-electron chi connectivity index (χ2n) is 6.05. The molecule has 130 valence electrons. The largest absolute Gasteiger partial charge is 0.493 e. The van der Waals surface area contributed by atoms with Crippen LogP contribution in [0.3, 0.4) is 0 Å². The number of carbonyl (C=O) groups is 1. The average Bonchev–Trinajstić information content (AvgIpc) is 3.15. The van der Waals surface area contributed by atoms with Crippen LogP contribution in [0.15, 0.2) is 67.0 Å². The lowest BCUT2D eigenvalue weighted by Crippen LogP contribution is -2.12. The molecule has 0 unspecified atom stereocenters. The number of aromatic nitrogens is 1. The Labute approximate surface area is 151 Å². The Bertz CT molecular complexity index is 926. The van der Waals surface area contributed by atoms with Crippen LogP contribution < -0.4 is 14.8 Å². The van der Waals surface area contributed by atoms with Gasteiger partial charge in [0.1, 0.15) is 18.1 Å². The number of nitrogens with zero attached hydrogens (tertiary/aromatic N) is 1. The normalized spacial score (nSPS) is 12.2. The third kappa shape index (κ3) is 3.67. The Morgan fingerprint density at radius 3 is 3.00 bits per heavy atom. The zero-order chi connectivity index (χ0) is 17.8. The molecular weight excluding hydrogens is 328 g/mol. The van der Waals surface area contributed by atoms with Crippen LogP contribution >= 0.6 is 0 Å². The Morgan fingerprint density at radius 2 is 2.12 bits per heavy atom. The van der Waals surface area contributed by atoms with Crippen LogP contribution in [0.2, 0.25) is 0 Å². The highest BCUT2D eigenvalue weighted by atomic mass is 16.5. The van der Waals surface area contributed by atoms with Crippen molar-refractivity contribution in [3.8, 4) is 11.5 Å². The smallest absolute Gasteiger partial charge is 0.255 e. The number of fused-ring (bicyclic) bond motifs is 1. The van der Waals surface area contributed by atoms with Crippen LogP contribution in [-0.2, 0) is 13.0 Å². The first-order chi connectivity index (χ1) is 12.8. The number of nitrogens with one attached hydrogen (secondary N) is 1. The van der Waals surface area contributed by atoms with Gasteiger partial charge in [-0.2, -0.15) is 0 Å². The van der Waals surface area contributed by atoms with Crippen molar-refractivity contribution in [1.82, 2.24) is 4.98 Å². The molecule has 0 fully saturated rings. The molecule has 0 radical (unpaired) electrons. The first kappa shape index (κ1) is 16.1. The van der Waals surface area contributed by atoms with Crippen LogP contribution in [0.1, 0.15) is 21.5 Å². The summed E-state index contributed by atoms with van der Waals surface area (Å²) < 4.78 is 11.3. The predicted octanol–water partition coefficient (Wildman–Crippen LogP) is 3.85. The van der Waals surface area contributed by atoms with E-state index in [9.17, 15) is 4.79 Å². The summed E-state index contributed by atoms with van der Waals surface area (Å²) >= 11 is 0. The second kappa shape index (κ2) is 7.27. The van der Waals surface area contributed by atoms with Crippen molar-refractivity contribution in [1.29, 1.82) is 0 Å². The van der Waals surface area contributed by atoms with E-state index in [1.54, 1.807) is 18.5 Å². The summed E-state index contributed by atoms with van der Waals surface area (Å²) in [5.41, 5.74) is 3.37. The van der Waals surface area contributed by atoms with Gasteiger partial charge in [0.15, 0.2) is 0 Å². The molecule has 26 heavy (non-hydrogen) atoms. The number of ether oxygens (including phenoxy) is 2. The van der Waals surface area contributed by atoms with E-state index < -0.39 is 0 Å². The molecule has 5 nitrogen and oxygen atoms in total. The second-order valence-corrected chi connectivity index (χ2v) is 6.05. The molecule has 3 aromatic rings. The molecule has 2 heterocycles. The molecule has 0 aliphatic carbocycles. The summed E-state index contributed by atoms with van der Waals surface area (Å²) in [5.74, 6) is 1.41. The molecule has 1 N–H and O–H groups in total. The molecule has 1 amide bonds. The van der Waals surface area contributed by atoms with Crippen molar-refractivity contribution in [3.05, 3.63) is 83.7 Å². The minimum absolute atomic E-state index is 0.149. The predicted molar refractivity (Wildman–Crippen MR) is 98.6 cm³/mol. The molecule has 0 saturated carbocycles. The van der Waals surface area contributed by atoms with E-state index in [1.165, 1.54) is 0 Å². The molecule has 0 spiro atoms. The van der Waals surface area contributed by atoms with Crippen molar-refractivity contribution >= 4 is 11.6 Å². The highest BCUT2D eigenvalue weighted by Gasteiger charge is 2.15. The van der Waals surface area contributed by atoms with Gasteiger partial charge in [-0.1, -0.05) is 12.1 Å². The SMILES string of the molecule is O=C(Nc1cccc(OCc2cccnc2)c1)c1ccc2c(c1)CCO2. The first-order valence-electron chi connectivity index (χ1n) is 8.47. The van der Waals surface area contributed by atoms with Gasteiger partial charge >= 0.3 is 0 Å². The van der Waals surface area contributed by atoms with Gasteiger partial charge in [0.05, 0.1) is 6.61 Å². The molecule has 0 atom stereocenters.